The highest BCUT2D eigenvalue weighted by Gasteiger charge is 2.22. The Labute approximate surface area is 120 Å². The van der Waals surface area contributed by atoms with E-state index in [2.05, 4.69) is 0 Å². The predicted molar refractivity (Wildman–Crippen MR) is 74.7 cm³/mol. The number of hydrogen-bond acceptors (Lipinski definition) is 5. The van der Waals surface area contributed by atoms with Crippen LogP contribution in [0.5, 0.6) is 0 Å². The molecule has 5 nitrogen and oxygen atoms in total. The molecular weight excluding hydrogens is 280 g/mol. The summed E-state index contributed by atoms with van der Waals surface area (Å²) >= 11 is 0. The number of benzene rings is 1. The van der Waals surface area contributed by atoms with Crippen LogP contribution in [0.3, 0.4) is 0 Å². The van der Waals surface area contributed by atoms with Crippen molar-refractivity contribution in [2.45, 2.75) is 31.7 Å². The third-order valence-electron chi connectivity index (χ3n) is 3.06. The van der Waals surface area contributed by atoms with Crippen molar-refractivity contribution in [3.8, 4) is 0 Å². The molecule has 1 aliphatic heterocycles. The van der Waals surface area contributed by atoms with E-state index in [1.165, 1.54) is 0 Å². The van der Waals surface area contributed by atoms with Gasteiger partial charge in [0.2, 0.25) is 0 Å². The molecule has 6 heteroatoms. The molecular formula is C14H20O5S. The van der Waals surface area contributed by atoms with E-state index < -0.39 is 16.2 Å². The van der Waals surface area contributed by atoms with Gasteiger partial charge in [-0.05, 0) is 24.8 Å². The molecule has 0 spiro atoms. The Hall–Kier alpha value is -0.950. The van der Waals surface area contributed by atoms with Gasteiger partial charge in [0, 0.05) is 6.61 Å². The molecule has 1 fully saturated rings. The zero-order valence-corrected chi connectivity index (χ0v) is 12.3. The van der Waals surface area contributed by atoms with Gasteiger partial charge in [0.15, 0.2) is 6.29 Å². The number of rotatable bonds is 6. The Balaban J connectivity index is 2.03. The van der Waals surface area contributed by atoms with Crippen LogP contribution >= 0.6 is 0 Å². The largest absolute Gasteiger partial charge is 0.353 e. The van der Waals surface area contributed by atoms with Gasteiger partial charge in [-0.25, -0.2) is 0 Å². The van der Waals surface area contributed by atoms with Gasteiger partial charge in [0.25, 0.3) is 10.1 Å². The summed E-state index contributed by atoms with van der Waals surface area (Å²) in [6.45, 7) is 0.641. The summed E-state index contributed by atoms with van der Waals surface area (Å²) < 4.78 is 38.6. The molecule has 0 bridgehead atoms. The highest BCUT2D eigenvalue weighted by Crippen LogP contribution is 2.24. The quantitative estimate of drug-likeness (QED) is 0.754. The maximum Gasteiger partial charge on any atom is 0.264 e. The van der Waals surface area contributed by atoms with Gasteiger partial charge in [-0.2, -0.15) is 8.42 Å². The summed E-state index contributed by atoms with van der Waals surface area (Å²) in [5.41, 5.74) is 0.880. The Morgan fingerprint density at radius 2 is 2.05 bits per heavy atom. The van der Waals surface area contributed by atoms with Crippen LogP contribution < -0.4 is 0 Å². The van der Waals surface area contributed by atoms with E-state index in [9.17, 15) is 8.42 Å². The van der Waals surface area contributed by atoms with Crippen LogP contribution in [0.25, 0.3) is 0 Å². The lowest BCUT2D eigenvalue weighted by atomic mass is 10.1. The Bertz CT molecular complexity index is 494. The van der Waals surface area contributed by atoms with E-state index in [1.807, 2.05) is 30.3 Å². The van der Waals surface area contributed by atoms with Crippen LogP contribution in [-0.2, 0) is 23.8 Å². The maximum atomic E-state index is 11.2. The first-order valence-corrected chi connectivity index (χ1v) is 8.53. The molecule has 1 unspecified atom stereocenters. The summed E-state index contributed by atoms with van der Waals surface area (Å²) in [7, 11) is -3.49. The molecule has 1 heterocycles. The minimum Gasteiger partial charge on any atom is -0.353 e. The van der Waals surface area contributed by atoms with Crippen LogP contribution in [0.1, 0.15) is 30.9 Å². The zero-order valence-electron chi connectivity index (χ0n) is 11.5. The molecule has 0 N–H and O–H groups in total. The maximum absolute atomic E-state index is 11.2. The molecule has 20 heavy (non-hydrogen) atoms. The highest BCUT2D eigenvalue weighted by molar-refractivity contribution is 7.85. The Morgan fingerprint density at radius 3 is 2.65 bits per heavy atom. The minimum absolute atomic E-state index is 0.0390. The second kappa shape index (κ2) is 7.17. The fourth-order valence-corrected chi connectivity index (χ4v) is 2.44. The lowest BCUT2D eigenvalue weighted by Gasteiger charge is -2.27. The van der Waals surface area contributed by atoms with Crippen molar-refractivity contribution in [2.24, 2.45) is 0 Å². The molecule has 0 saturated carbocycles. The van der Waals surface area contributed by atoms with Crippen molar-refractivity contribution in [1.29, 1.82) is 0 Å². The van der Waals surface area contributed by atoms with Crippen LogP contribution in [0.2, 0.25) is 0 Å². The average molecular weight is 300 g/mol. The molecule has 1 aliphatic rings. The molecule has 1 aromatic carbocycles. The molecule has 0 radical (unpaired) electrons. The third kappa shape index (κ3) is 5.20. The third-order valence-corrected chi connectivity index (χ3v) is 3.62. The van der Waals surface area contributed by atoms with Gasteiger partial charge in [-0.15, -0.1) is 0 Å². The fraction of sp³-hybridized carbons (Fsp3) is 0.571. The topological polar surface area (TPSA) is 61.8 Å². The minimum atomic E-state index is -3.49. The zero-order chi connectivity index (χ0) is 14.4. The summed E-state index contributed by atoms with van der Waals surface area (Å²) in [4.78, 5) is 0. The van der Waals surface area contributed by atoms with E-state index in [4.69, 9.17) is 13.7 Å². The van der Waals surface area contributed by atoms with Crippen LogP contribution in [0.15, 0.2) is 30.3 Å². The second-order valence-corrected chi connectivity index (χ2v) is 6.46. The second-order valence-electron chi connectivity index (χ2n) is 4.82. The van der Waals surface area contributed by atoms with E-state index in [0.29, 0.717) is 6.61 Å². The molecule has 0 amide bonds. The molecule has 2 atom stereocenters. The van der Waals surface area contributed by atoms with Crippen molar-refractivity contribution in [1.82, 2.24) is 0 Å². The van der Waals surface area contributed by atoms with E-state index >= 15 is 0 Å². The normalized spacial score (nSPS) is 21.6. The standard InChI is InChI=1S/C14H20O5S/c1-20(15,16)18-11-13(12-7-3-2-4-8-12)19-14-9-5-6-10-17-14/h2-4,7-8,13-14H,5-6,9-11H2,1H3/t13?,14-/m1/s1. The van der Waals surface area contributed by atoms with Gasteiger partial charge in [0.05, 0.1) is 12.9 Å². The first kappa shape index (κ1) is 15.4. The van der Waals surface area contributed by atoms with E-state index in [-0.39, 0.29) is 12.9 Å². The monoisotopic (exact) mass is 300 g/mol. The van der Waals surface area contributed by atoms with Crippen molar-refractivity contribution in [2.75, 3.05) is 19.5 Å². The first-order chi connectivity index (χ1) is 9.54. The first-order valence-electron chi connectivity index (χ1n) is 6.71. The van der Waals surface area contributed by atoms with Crippen molar-refractivity contribution in [3.63, 3.8) is 0 Å². The van der Waals surface area contributed by atoms with Crippen molar-refractivity contribution < 1.29 is 22.1 Å². The van der Waals surface area contributed by atoms with E-state index in [1.54, 1.807) is 0 Å². The van der Waals surface area contributed by atoms with Gasteiger partial charge in [-0.3, -0.25) is 4.18 Å². The van der Waals surface area contributed by atoms with Crippen molar-refractivity contribution in [3.05, 3.63) is 35.9 Å². The molecule has 2 rings (SSSR count). The number of hydrogen-bond donors (Lipinski definition) is 0. The average Bonchev–Trinajstić information content (AvgIpc) is 2.44. The predicted octanol–water partition coefficient (Wildman–Crippen LogP) is 2.25. The highest BCUT2D eigenvalue weighted by atomic mass is 32.2. The van der Waals surface area contributed by atoms with Crippen LogP contribution in [-0.4, -0.2) is 34.2 Å². The Kier molecular flexibility index (Phi) is 5.54. The molecule has 0 aromatic heterocycles. The van der Waals surface area contributed by atoms with E-state index in [0.717, 1.165) is 31.1 Å². The smallest absolute Gasteiger partial charge is 0.264 e. The molecule has 1 saturated heterocycles. The fourth-order valence-electron chi connectivity index (χ4n) is 2.07. The Morgan fingerprint density at radius 1 is 1.30 bits per heavy atom. The van der Waals surface area contributed by atoms with Gasteiger partial charge in [0.1, 0.15) is 6.10 Å². The van der Waals surface area contributed by atoms with Crippen LogP contribution in [0, 0.1) is 0 Å². The van der Waals surface area contributed by atoms with Crippen LogP contribution in [0.4, 0.5) is 0 Å². The summed E-state index contributed by atoms with van der Waals surface area (Å²) in [6, 6.07) is 9.44. The summed E-state index contributed by atoms with van der Waals surface area (Å²) in [6.07, 6.45) is 3.20. The van der Waals surface area contributed by atoms with Gasteiger partial charge < -0.3 is 9.47 Å². The summed E-state index contributed by atoms with van der Waals surface area (Å²) in [5.74, 6) is 0. The summed E-state index contributed by atoms with van der Waals surface area (Å²) in [5, 5.41) is 0. The van der Waals surface area contributed by atoms with Crippen molar-refractivity contribution >= 4 is 10.1 Å². The molecule has 1 aromatic rings. The number of ether oxygens (including phenoxy) is 2. The lowest BCUT2D eigenvalue weighted by Crippen LogP contribution is -2.26. The van der Waals surface area contributed by atoms with Gasteiger partial charge >= 0.3 is 0 Å². The SMILES string of the molecule is CS(=O)(=O)OCC(O[C@@H]1CCCCO1)c1ccccc1. The lowest BCUT2D eigenvalue weighted by molar-refractivity contribution is -0.195. The van der Waals surface area contributed by atoms with Gasteiger partial charge in [-0.1, -0.05) is 30.3 Å². The molecule has 112 valence electrons. The molecule has 0 aliphatic carbocycles.